The number of amides is 1. The van der Waals surface area contributed by atoms with Crippen LogP contribution in [0.3, 0.4) is 0 Å². The van der Waals surface area contributed by atoms with Crippen molar-refractivity contribution in [3.05, 3.63) is 45.1 Å². The molecule has 0 unspecified atom stereocenters. The summed E-state index contributed by atoms with van der Waals surface area (Å²) in [5, 5.41) is 4.27. The number of rotatable bonds is 3. The fraction of sp³-hybridized carbons (Fsp3) is 0.400. The van der Waals surface area contributed by atoms with E-state index in [1.165, 1.54) is 16.9 Å². The van der Waals surface area contributed by atoms with Gasteiger partial charge in [0.1, 0.15) is 13.2 Å². The second-order valence-electron chi connectivity index (χ2n) is 6.90. The van der Waals surface area contributed by atoms with E-state index >= 15 is 0 Å². The van der Waals surface area contributed by atoms with E-state index in [4.69, 9.17) is 9.47 Å². The Kier molecular flexibility index (Phi) is 4.68. The molecule has 1 N–H and O–H groups in total. The van der Waals surface area contributed by atoms with Gasteiger partial charge in [0, 0.05) is 10.4 Å². The van der Waals surface area contributed by atoms with Crippen LogP contribution in [0, 0.1) is 5.92 Å². The van der Waals surface area contributed by atoms with Crippen molar-refractivity contribution in [1.82, 2.24) is 5.43 Å². The number of aryl methyl sites for hydroxylation is 1. The number of hydrazone groups is 1. The Morgan fingerprint density at radius 2 is 2.04 bits per heavy atom. The molecule has 1 aliphatic heterocycles. The number of ether oxygens (including phenoxy) is 2. The molecule has 0 bridgehead atoms. The Morgan fingerprint density at radius 1 is 1.23 bits per heavy atom. The maximum Gasteiger partial charge on any atom is 0.281 e. The Labute approximate surface area is 157 Å². The molecule has 26 heavy (non-hydrogen) atoms. The van der Waals surface area contributed by atoms with Gasteiger partial charge in [-0.15, -0.1) is 11.3 Å². The van der Waals surface area contributed by atoms with E-state index in [0.29, 0.717) is 19.1 Å². The molecule has 0 saturated carbocycles. The van der Waals surface area contributed by atoms with Crippen LogP contribution in [-0.4, -0.2) is 24.8 Å². The molecule has 1 aliphatic carbocycles. The standard InChI is InChI=1S/C20H22N2O3S/c1-12-3-6-18-15(9-12)11-19(26-18)20(23)22-21-13(2)14-4-5-16-17(10-14)25-8-7-24-16/h4-5,10-12H,3,6-9H2,1-2H3,(H,22,23)/b21-13-/t12-/m0/s1. The molecule has 1 atom stereocenters. The first-order chi connectivity index (χ1) is 12.6. The first-order valence-electron chi connectivity index (χ1n) is 8.96. The largest absolute Gasteiger partial charge is 0.486 e. The number of carbonyl (C=O) groups is 1. The lowest BCUT2D eigenvalue weighted by Gasteiger charge is -2.18. The average Bonchev–Trinajstić information content (AvgIpc) is 3.08. The van der Waals surface area contributed by atoms with E-state index in [2.05, 4.69) is 17.5 Å². The SMILES string of the molecule is C/C(=N/NC(=O)c1cc2c(s1)CC[C@H](C)C2)c1ccc2c(c1)OCCO2. The lowest BCUT2D eigenvalue weighted by Crippen LogP contribution is -2.19. The molecule has 1 aromatic carbocycles. The summed E-state index contributed by atoms with van der Waals surface area (Å²) in [5.74, 6) is 2.02. The lowest BCUT2D eigenvalue weighted by molar-refractivity contribution is 0.0959. The highest BCUT2D eigenvalue weighted by atomic mass is 32.1. The molecule has 6 heteroatoms. The lowest BCUT2D eigenvalue weighted by atomic mass is 9.90. The van der Waals surface area contributed by atoms with Crippen LogP contribution < -0.4 is 14.9 Å². The van der Waals surface area contributed by atoms with Crippen molar-refractivity contribution in [3.8, 4) is 11.5 Å². The minimum Gasteiger partial charge on any atom is -0.486 e. The van der Waals surface area contributed by atoms with Crippen LogP contribution in [0.1, 0.15) is 45.9 Å². The molecule has 5 nitrogen and oxygen atoms in total. The van der Waals surface area contributed by atoms with Gasteiger partial charge in [0.25, 0.3) is 5.91 Å². The van der Waals surface area contributed by atoms with Crippen LogP contribution in [-0.2, 0) is 12.8 Å². The van der Waals surface area contributed by atoms with Crippen LogP contribution in [0.4, 0.5) is 0 Å². The van der Waals surface area contributed by atoms with Gasteiger partial charge in [-0.2, -0.15) is 5.10 Å². The van der Waals surface area contributed by atoms with Crippen LogP contribution in [0.2, 0.25) is 0 Å². The van der Waals surface area contributed by atoms with Crippen molar-refractivity contribution in [2.24, 2.45) is 11.0 Å². The van der Waals surface area contributed by atoms with E-state index in [0.717, 1.165) is 40.5 Å². The Balaban J connectivity index is 1.46. The highest BCUT2D eigenvalue weighted by Crippen LogP contribution is 2.32. The summed E-state index contributed by atoms with van der Waals surface area (Å²) in [6.07, 6.45) is 3.35. The third-order valence-electron chi connectivity index (χ3n) is 4.84. The zero-order valence-electron chi connectivity index (χ0n) is 15.0. The molecule has 136 valence electrons. The van der Waals surface area contributed by atoms with Gasteiger partial charge in [0.15, 0.2) is 11.5 Å². The van der Waals surface area contributed by atoms with Crippen molar-refractivity contribution < 1.29 is 14.3 Å². The summed E-state index contributed by atoms with van der Waals surface area (Å²) in [4.78, 5) is 14.5. The van der Waals surface area contributed by atoms with Crippen LogP contribution >= 0.6 is 11.3 Å². The highest BCUT2D eigenvalue weighted by Gasteiger charge is 2.20. The number of hydrogen-bond donors (Lipinski definition) is 1. The molecule has 0 fully saturated rings. The van der Waals surface area contributed by atoms with Gasteiger partial charge in [-0.05, 0) is 61.9 Å². The predicted octanol–water partition coefficient (Wildman–Crippen LogP) is 3.80. The molecule has 2 heterocycles. The zero-order chi connectivity index (χ0) is 18.1. The molecule has 2 aliphatic rings. The number of hydrogen-bond acceptors (Lipinski definition) is 5. The molecule has 0 saturated heterocycles. The summed E-state index contributed by atoms with van der Waals surface area (Å²) in [6.45, 7) is 5.25. The van der Waals surface area contributed by atoms with Crippen molar-refractivity contribution in [1.29, 1.82) is 0 Å². The summed E-state index contributed by atoms with van der Waals surface area (Å²) < 4.78 is 11.1. The van der Waals surface area contributed by atoms with Crippen LogP contribution in [0.5, 0.6) is 11.5 Å². The molecular weight excluding hydrogens is 348 g/mol. The first kappa shape index (κ1) is 17.1. The smallest absolute Gasteiger partial charge is 0.281 e. The molecule has 1 aromatic heterocycles. The average molecular weight is 370 g/mol. The van der Waals surface area contributed by atoms with Crippen molar-refractivity contribution >= 4 is 23.0 Å². The molecule has 0 spiro atoms. The van der Waals surface area contributed by atoms with Crippen molar-refractivity contribution in [2.75, 3.05) is 13.2 Å². The summed E-state index contributed by atoms with van der Waals surface area (Å²) in [6, 6.07) is 7.72. The normalized spacial score (nSPS) is 19.0. The Bertz CT molecular complexity index is 872. The molecular formula is C20H22N2O3S. The molecule has 2 aromatic rings. The molecule has 1 amide bonds. The summed E-state index contributed by atoms with van der Waals surface area (Å²) in [5.41, 5.74) is 5.63. The monoisotopic (exact) mass is 370 g/mol. The summed E-state index contributed by atoms with van der Waals surface area (Å²) >= 11 is 1.59. The predicted molar refractivity (Wildman–Crippen MR) is 103 cm³/mol. The Morgan fingerprint density at radius 3 is 2.88 bits per heavy atom. The fourth-order valence-electron chi connectivity index (χ4n) is 3.34. The van der Waals surface area contributed by atoms with E-state index in [9.17, 15) is 4.79 Å². The third-order valence-corrected chi connectivity index (χ3v) is 6.07. The van der Waals surface area contributed by atoms with E-state index in [1.54, 1.807) is 11.3 Å². The minimum absolute atomic E-state index is 0.144. The topological polar surface area (TPSA) is 59.9 Å². The molecule has 4 rings (SSSR count). The number of nitrogens with one attached hydrogen (secondary N) is 1. The molecule has 0 radical (unpaired) electrons. The highest BCUT2D eigenvalue weighted by molar-refractivity contribution is 7.14. The van der Waals surface area contributed by atoms with Crippen LogP contribution in [0.15, 0.2) is 29.4 Å². The number of thiophene rings is 1. The van der Waals surface area contributed by atoms with Gasteiger partial charge in [0.05, 0.1) is 10.6 Å². The van der Waals surface area contributed by atoms with Crippen LogP contribution in [0.25, 0.3) is 0 Å². The number of nitrogens with zero attached hydrogens (tertiary/aromatic N) is 1. The van der Waals surface area contributed by atoms with Gasteiger partial charge >= 0.3 is 0 Å². The second kappa shape index (κ2) is 7.11. The van der Waals surface area contributed by atoms with Gasteiger partial charge in [-0.1, -0.05) is 6.92 Å². The second-order valence-corrected chi connectivity index (χ2v) is 8.04. The van der Waals surface area contributed by atoms with Gasteiger partial charge in [-0.3, -0.25) is 4.79 Å². The van der Waals surface area contributed by atoms with Crippen molar-refractivity contribution in [3.63, 3.8) is 0 Å². The van der Waals surface area contributed by atoms with E-state index < -0.39 is 0 Å². The quantitative estimate of drug-likeness (QED) is 0.660. The fourth-order valence-corrected chi connectivity index (χ4v) is 4.44. The number of fused-ring (bicyclic) bond motifs is 2. The van der Waals surface area contributed by atoms with Crippen molar-refractivity contribution in [2.45, 2.75) is 33.1 Å². The van der Waals surface area contributed by atoms with Gasteiger partial charge in [0.2, 0.25) is 0 Å². The number of benzene rings is 1. The number of carbonyl (C=O) groups excluding carboxylic acids is 1. The first-order valence-corrected chi connectivity index (χ1v) is 9.78. The van der Waals surface area contributed by atoms with Gasteiger partial charge in [-0.25, -0.2) is 5.43 Å². The Hall–Kier alpha value is -2.34. The third kappa shape index (κ3) is 3.46. The maximum atomic E-state index is 12.5. The minimum atomic E-state index is -0.144. The maximum absolute atomic E-state index is 12.5. The van der Waals surface area contributed by atoms with E-state index in [-0.39, 0.29) is 5.91 Å². The summed E-state index contributed by atoms with van der Waals surface area (Å²) in [7, 11) is 0. The van der Waals surface area contributed by atoms with Gasteiger partial charge < -0.3 is 9.47 Å². The van der Waals surface area contributed by atoms with E-state index in [1.807, 2.05) is 31.2 Å². The zero-order valence-corrected chi connectivity index (χ0v) is 15.8.